The van der Waals surface area contributed by atoms with Gasteiger partial charge in [0, 0.05) is 24.5 Å². The van der Waals surface area contributed by atoms with Crippen molar-refractivity contribution in [1.82, 2.24) is 10.3 Å². The molecule has 194 valence electrons. The number of aromatic amines is 1. The minimum atomic E-state index is -1.03. The second-order valence-electron chi connectivity index (χ2n) is 9.50. The van der Waals surface area contributed by atoms with Gasteiger partial charge < -0.3 is 15.0 Å². The van der Waals surface area contributed by atoms with Crippen LogP contribution in [0, 0.1) is 12.7 Å². The molecule has 2 heterocycles. The van der Waals surface area contributed by atoms with Crippen molar-refractivity contribution in [3.05, 3.63) is 114 Å². The Balaban J connectivity index is 1.55. The highest BCUT2D eigenvalue weighted by Gasteiger charge is 2.34. The van der Waals surface area contributed by atoms with Crippen LogP contribution in [0.4, 0.5) is 10.1 Å². The molecule has 0 radical (unpaired) electrons. The number of rotatable bonds is 8. The van der Waals surface area contributed by atoms with Crippen molar-refractivity contribution in [1.29, 1.82) is 0 Å². The van der Waals surface area contributed by atoms with E-state index in [4.69, 9.17) is 4.74 Å². The molecule has 2 atom stereocenters. The molecule has 0 spiro atoms. The maximum atomic E-state index is 14.2. The van der Waals surface area contributed by atoms with Gasteiger partial charge in [-0.2, -0.15) is 0 Å². The highest BCUT2D eigenvalue weighted by molar-refractivity contribution is 6.09. The van der Waals surface area contributed by atoms with Crippen LogP contribution in [0.25, 0.3) is 11.3 Å². The Labute approximate surface area is 221 Å². The molecule has 3 aromatic carbocycles. The molecule has 2 N–H and O–H groups in total. The molecule has 0 bridgehead atoms. The molecular formula is C31H30FN3O3. The maximum absolute atomic E-state index is 14.2. The normalized spacial score (nSPS) is 15.7. The van der Waals surface area contributed by atoms with E-state index in [1.54, 1.807) is 24.3 Å². The number of H-pyrrole nitrogens is 1. The van der Waals surface area contributed by atoms with Crippen LogP contribution in [-0.4, -0.2) is 36.1 Å². The van der Waals surface area contributed by atoms with Gasteiger partial charge in [-0.25, -0.2) is 4.39 Å². The first-order valence-corrected chi connectivity index (χ1v) is 12.8. The zero-order chi connectivity index (χ0) is 26.5. The lowest BCUT2D eigenvalue weighted by Crippen LogP contribution is -2.45. The van der Waals surface area contributed by atoms with Gasteiger partial charge in [-0.15, -0.1) is 0 Å². The minimum Gasteiger partial charge on any atom is -0.376 e. The first-order chi connectivity index (χ1) is 18.5. The Hall–Kier alpha value is -4.23. The van der Waals surface area contributed by atoms with Gasteiger partial charge in [-0.05, 0) is 72.9 Å². The molecule has 7 heteroatoms. The van der Waals surface area contributed by atoms with Crippen molar-refractivity contribution >= 4 is 17.5 Å². The summed E-state index contributed by atoms with van der Waals surface area (Å²) in [6.07, 6.45) is 1.76. The molecule has 1 aromatic heterocycles. The number of halogens is 1. The third-order valence-corrected chi connectivity index (χ3v) is 6.72. The smallest absolute Gasteiger partial charge is 0.275 e. The van der Waals surface area contributed by atoms with Gasteiger partial charge in [0.05, 0.1) is 6.10 Å². The number of hydrogen-bond acceptors (Lipinski definition) is 3. The zero-order valence-electron chi connectivity index (χ0n) is 21.2. The minimum absolute atomic E-state index is 0.0622. The topological polar surface area (TPSA) is 74.4 Å². The van der Waals surface area contributed by atoms with E-state index in [0.717, 1.165) is 29.7 Å². The van der Waals surface area contributed by atoms with E-state index >= 15 is 0 Å². The predicted molar refractivity (Wildman–Crippen MR) is 145 cm³/mol. The second kappa shape index (κ2) is 11.4. The molecule has 6 nitrogen and oxygen atoms in total. The average molecular weight is 512 g/mol. The fourth-order valence-corrected chi connectivity index (χ4v) is 4.78. The summed E-state index contributed by atoms with van der Waals surface area (Å²) in [5, 5.41) is 2.98. The fourth-order valence-electron chi connectivity index (χ4n) is 4.78. The summed E-state index contributed by atoms with van der Waals surface area (Å²) in [6, 6.07) is 25.4. The lowest BCUT2D eigenvalue weighted by atomic mass is 10.0. The number of anilines is 1. The molecular weight excluding hydrogens is 481 g/mol. The predicted octanol–water partition coefficient (Wildman–Crippen LogP) is 5.81. The summed E-state index contributed by atoms with van der Waals surface area (Å²) >= 11 is 0. The molecule has 0 unspecified atom stereocenters. The fraction of sp³-hybridized carbons (Fsp3) is 0.226. The van der Waals surface area contributed by atoms with Crippen LogP contribution in [0.15, 0.2) is 91.0 Å². The van der Waals surface area contributed by atoms with E-state index < -0.39 is 11.9 Å². The number of nitrogens with zero attached hydrogens (tertiary/aromatic N) is 1. The summed E-state index contributed by atoms with van der Waals surface area (Å²) < 4.78 is 19.5. The number of amides is 2. The van der Waals surface area contributed by atoms with Crippen LogP contribution < -0.4 is 10.2 Å². The van der Waals surface area contributed by atoms with Gasteiger partial charge in [0.2, 0.25) is 5.91 Å². The monoisotopic (exact) mass is 511 g/mol. The number of aryl methyl sites for hydroxylation is 1. The van der Waals surface area contributed by atoms with Gasteiger partial charge in [-0.3, -0.25) is 14.5 Å². The van der Waals surface area contributed by atoms with Gasteiger partial charge in [-0.1, -0.05) is 54.6 Å². The molecule has 0 aliphatic carbocycles. The molecule has 1 aliphatic heterocycles. The quantitative estimate of drug-likeness (QED) is 0.313. The maximum Gasteiger partial charge on any atom is 0.275 e. The number of nitrogens with one attached hydrogen (secondary N) is 2. The highest BCUT2D eigenvalue weighted by atomic mass is 19.1. The van der Waals surface area contributed by atoms with Crippen molar-refractivity contribution in [2.75, 3.05) is 18.1 Å². The Bertz CT molecular complexity index is 1400. The SMILES string of the molecule is Cc1cccc(N(C(=O)c2ccc(-c3ccccc3)[nH]2)[C@@H](C(=O)NC[C@@H]2CCCO2)c2ccc(F)cc2)c1. The number of ether oxygens (including phenoxy) is 1. The molecule has 4 aromatic rings. The van der Waals surface area contributed by atoms with Crippen LogP contribution in [0.5, 0.6) is 0 Å². The number of hydrogen-bond donors (Lipinski definition) is 2. The van der Waals surface area contributed by atoms with E-state index in [2.05, 4.69) is 10.3 Å². The Kier molecular flexibility index (Phi) is 7.65. The van der Waals surface area contributed by atoms with Gasteiger partial charge >= 0.3 is 0 Å². The third kappa shape index (κ3) is 5.68. The molecule has 5 rings (SSSR count). The Morgan fingerprint density at radius 3 is 2.53 bits per heavy atom. The van der Waals surface area contributed by atoms with Crippen molar-refractivity contribution in [2.45, 2.75) is 31.9 Å². The second-order valence-corrected chi connectivity index (χ2v) is 9.50. The largest absolute Gasteiger partial charge is 0.376 e. The van der Waals surface area contributed by atoms with E-state index in [-0.39, 0.29) is 17.9 Å². The molecule has 1 aliphatic rings. The van der Waals surface area contributed by atoms with Crippen LogP contribution in [0.3, 0.4) is 0 Å². The Morgan fingerprint density at radius 1 is 1.03 bits per heavy atom. The lowest BCUT2D eigenvalue weighted by Gasteiger charge is -2.31. The van der Waals surface area contributed by atoms with Crippen molar-refractivity contribution < 1.29 is 18.7 Å². The first kappa shape index (κ1) is 25.4. The lowest BCUT2D eigenvalue weighted by molar-refractivity contribution is -0.123. The average Bonchev–Trinajstić information content (AvgIpc) is 3.64. The molecule has 1 saturated heterocycles. The number of carbonyl (C=O) groups excluding carboxylic acids is 2. The van der Waals surface area contributed by atoms with Crippen LogP contribution in [0.2, 0.25) is 0 Å². The van der Waals surface area contributed by atoms with E-state index in [9.17, 15) is 14.0 Å². The van der Waals surface area contributed by atoms with Gasteiger partial charge in [0.25, 0.3) is 5.91 Å². The molecule has 0 saturated carbocycles. The summed E-state index contributed by atoms with van der Waals surface area (Å²) in [5.74, 6) is -1.16. The number of aromatic nitrogens is 1. The van der Waals surface area contributed by atoms with Gasteiger partial charge in [0.15, 0.2) is 0 Å². The summed E-state index contributed by atoms with van der Waals surface area (Å²) in [7, 11) is 0. The number of carbonyl (C=O) groups is 2. The standard InChI is InChI=1S/C31H30FN3O3/c1-21-7-5-10-25(19-21)35(31(37)28-17-16-27(34-28)22-8-3-2-4-9-22)29(23-12-14-24(32)15-13-23)30(36)33-20-26-11-6-18-38-26/h2-5,7-10,12-17,19,26,29,34H,6,11,18,20H2,1H3,(H,33,36)/t26-,29+/m0/s1. The van der Waals surface area contributed by atoms with Crippen molar-refractivity contribution in [2.24, 2.45) is 0 Å². The van der Waals surface area contributed by atoms with Crippen LogP contribution >= 0.6 is 0 Å². The van der Waals surface area contributed by atoms with E-state index in [1.165, 1.54) is 17.0 Å². The summed E-state index contributed by atoms with van der Waals surface area (Å²) in [4.78, 5) is 32.6. The first-order valence-electron chi connectivity index (χ1n) is 12.8. The Morgan fingerprint density at radius 2 is 1.82 bits per heavy atom. The third-order valence-electron chi connectivity index (χ3n) is 6.72. The summed E-state index contributed by atoms with van der Waals surface area (Å²) in [6.45, 7) is 2.94. The van der Waals surface area contributed by atoms with E-state index in [0.29, 0.717) is 30.1 Å². The zero-order valence-corrected chi connectivity index (χ0v) is 21.2. The van der Waals surface area contributed by atoms with Crippen LogP contribution in [-0.2, 0) is 9.53 Å². The molecule has 1 fully saturated rings. The highest BCUT2D eigenvalue weighted by Crippen LogP contribution is 2.31. The van der Waals surface area contributed by atoms with Crippen molar-refractivity contribution in [3.63, 3.8) is 0 Å². The van der Waals surface area contributed by atoms with Crippen LogP contribution in [0.1, 0.15) is 40.5 Å². The van der Waals surface area contributed by atoms with Crippen molar-refractivity contribution in [3.8, 4) is 11.3 Å². The summed E-state index contributed by atoms with van der Waals surface area (Å²) in [5.41, 5.74) is 4.07. The number of benzene rings is 3. The molecule has 38 heavy (non-hydrogen) atoms. The molecule has 2 amide bonds. The van der Waals surface area contributed by atoms with Gasteiger partial charge in [0.1, 0.15) is 17.6 Å². The van der Waals surface area contributed by atoms with E-state index in [1.807, 2.05) is 61.5 Å².